The molecule has 0 aliphatic rings. The van der Waals surface area contributed by atoms with E-state index in [0.29, 0.717) is 11.0 Å². The molecule has 0 atom stereocenters. The summed E-state index contributed by atoms with van der Waals surface area (Å²) in [7, 11) is -1.74. The second kappa shape index (κ2) is 5.38. The van der Waals surface area contributed by atoms with E-state index in [1.807, 2.05) is 0 Å². The second-order valence-corrected chi connectivity index (χ2v) is 6.99. The van der Waals surface area contributed by atoms with Gasteiger partial charge in [0.1, 0.15) is 5.39 Å². The van der Waals surface area contributed by atoms with Gasteiger partial charge in [-0.15, -0.1) is 0 Å². The molecule has 1 aromatic carbocycles. The molecule has 3 rings (SSSR count). The third kappa shape index (κ3) is 2.52. The Labute approximate surface area is 126 Å². The maximum Gasteiger partial charge on any atom is 0.264 e. The van der Waals surface area contributed by atoms with Gasteiger partial charge in [-0.05, 0) is 12.1 Å². The van der Waals surface area contributed by atoms with Crippen molar-refractivity contribution in [3.05, 3.63) is 53.2 Å². The summed E-state index contributed by atoms with van der Waals surface area (Å²) in [4.78, 5) is 16.7. The largest absolute Gasteiger partial charge is 0.298 e. The van der Waals surface area contributed by atoms with E-state index < -0.39 is 9.84 Å². The highest BCUT2D eigenvalue weighted by Gasteiger charge is 2.15. The van der Waals surface area contributed by atoms with Crippen LogP contribution in [0.2, 0.25) is 0 Å². The molecular weight excluding hydrogens is 304 g/mol. The van der Waals surface area contributed by atoms with Crippen molar-refractivity contribution in [1.82, 2.24) is 19.3 Å². The number of benzene rings is 1. The molecule has 2 aromatic heterocycles. The van der Waals surface area contributed by atoms with Gasteiger partial charge < -0.3 is 0 Å². The van der Waals surface area contributed by atoms with Crippen LogP contribution in [0, 0.1) is 0 Å². The first-order chi connectivity index (χ1) is 10.5. The number of nitrogens with zero attached hydrogens (tertiary/aromatic N) is 4. The molecule has 0 spiro atoms. The van der Waals surface area contributed by atoms with Gasteiger partial charge in [0.05, 0.1) is 23.2 Å². The lowest BCUT2D eigenvalue weighted by Gasteiger charge is -2.07. The van der Waals surface area contributed by atoms with Gasteiger partial charge in [0.2, 0.25) is 0 Å². The summed E-state index contributed by atoms with van der Waals surface area (Å²) in [5.41, 5.74) is 0.188. The van der Waals surface area contributed by atoms with Gasteiger partial charge in [0, 0.05) is 13.6 Å². The Kier molecular flexibility index (Phi) is 3.53. The molecule has 2 heterocycles. The highest BCUT2D eigenvalue weighted by atomic mass is 32.2. The smallest absolute Gasteiger partial charge is 0.264 e. The molecule has 3 aromatic rings. The predicted octanol–water partition coefficient (Wildman–Crippen LogP) is 0.604. The highest BCUT2D eigenvalue weighted by Crippen LogP contribution is 2.10. The molecule has 0 N–H and O–H groups in total. The van der Waals surface area contributed by atoms with Gasteiger partial charge in [0.15, 0.2) is 15.5 Å². The molecule has 22 heavy (non-hydrogen) atoms. The summed E-state index contributed by atoms with van der Waals surface area (Å²) in [6.07, 6.45) is 2.79. The van der Waals surface area contributed by atoms with Crippen LogP contribution in [0.3, 0.4) is 0 Å². The van der Waals surface area contributed by atoms with E-state index in [9.17, 15) is 13.2 Å². The highest BCUT2D eigenvalue weighted by molar-refractivity contribution is 7.91. The van der Waals surface area contributed by atoms with E-state index in [4.69, 9.17) is 0 Å². The number of sulfone groups is 1. The number of rotatable bonds is 4. The number of aromatic nitrogens is 4. The van der Waals surface area contributed by atoms with Crippen molar-refractivity contribution in [3.63, 3.8) is 0 Å². The van der Waals surface area contributed by atoms with Crippen LogP contribution < -0.4 is 5.56 Å². The zero-order valence-electron chi connectivity index (χ0n) is 11.9. The summed E-state index contributed by atoms with van der Waals surface area (Å²) < 4.78 is 27.3. The number of aryl methyl sites for hydroxylation is 2. The fourth-order valence-electron chi connectivity index (χ4n) is 2.19. The van der Waals surface area contributed by atoms with E-state index in [1.54, 1.807) is 37.4 Å². The van der Waals surface area contributed by atoms with Gasteiger partial charge >= 0.3 is 0 Å². The topological polar surface area (TPSA) is 86.9 Å². The maximum absolute atomic E-state index is 12.3. The van der Waals surface area contributed by atoms with E-state index in [2.05, 4.69) is 10.1 Å². The SMILES string of the molecule is Cn1ncc2c(=O)n(CCS(=O)(=O)c3ccccc3)cnc21. The molecule has 0 fully saturated rings. The van der Waals surface area contributed by atoms with E-state index >= 15 is 0 Å². The van der Waals surface area contributed by atoms with E-state index in [1.165, 1.54) is 21.8 Å². The fraction of sp³-hybridized carbons (Fsp3) is 0.214. The summed E-state index contributed by atoms with van der Waals surface area (Å²) in [5.74, 6) is -0.162. The third-order valence-corrected chi connectivity index (χ3v) is 5.13. The van der Waals surface area contributed by atoms with Crippen molar-refractivity contribution in [2.75, 3.05) is 5.75 Å². The average molecular weight is 318 g/mol. The van der Waals surface area contributed by atoms with Crippen molar-refractivity contribution in [2.24, 2.45) is 7.05 Å². The van der Waals surface area contributed by atoms with Crippen molar-refractivity contribution >= 4 is 20.9 Å². The molecule has 7 nitrogen and oxygen atoms in total. The molecule has 8 heteroatoms. The second-order valence-electron chi connectivity index (χ2n) is 4.88. The lowest BCUT2D eigenvalue weighted by Crippen LogP contribution is -2.24. The Balaban J connectivity index is 1.89. The van der Waals surface area contributed by atoms with Crippen molar-refractivity contribution in [2.45, 2.75) is 11.4 Å². The molecule has 0 amide bonds. The Morgan fingerprint density at radius 1 is 1.18 bits per heavy atom. The van der Waals surface area contributed by atoms with Crippen molar-refractivity contribution in [3.8, 4) is 0 Å². The molecule has 0 unspecified atom stereocenters. The Bertz CT molecular complexity index is 974. The minimum Gasteiger partial charge on any atom is -0.298 e. The minimum absolute atomic E-state index is 0.0495. The Morgan fingerprint density at radius 2 is 1.91 bits per heavy atom. The summed E-state index contributed by atoms with van der Waals surface area (Å²) >= 11 is 0. The first-order valence-corrected chi connectivity index (χ1v) is 8.29. The third-order valence-electron chi connectivity index (χ3n) is 3.42. The van der Waals surface area contributed by atoms with Crippen LogP contribution in [0.4, 0.5) is 0 Å². The first-order valence-electron chi connectivity index (χ1n) is 6.64. The molecule has 0 aliphatic heterocycles. The standard InChI is InChI=1S/C14H14N4O3S/c1-17-13-12(9-16-17)14(19)18(10-15-13)7-8-22(20,21)11-5-3-2-4-6-11/h2-6,9-10H,7-8H2,1H3. The minimum atomic E-state index is -3.43. The van der Waals surface area contributed by atoms with Crippen LogP contribution in [0.1, 0.15) is 0 Å². The lowest BCUT2D eigenvalue weighted by atomic mass is 10.4. The van der Waals surface area contributed by atoms with Gasteiger partial charge in [-0.25, -0.2) is 13.4 Å². The first kappa shape index (κ1) is 14.5. The fourth-order valence-corrected chi connectivity index (χ4v) is 3.43. The predicted molar refractivity (Wildman–Crippen MR) is 81.3 cm³/mol. The van der Waals surface area contributed by atoms with Crippen LogP contribution in [0.15, 0.2) is 52.5 Å². The van der Waals surface area contributed by atoms with Gasteiger partial charge in [-0.3, -0.25) is 14.0 Å². The molecule has 0 saturated carbocycles. The lowest BCUT2D eigenvalue weighted by molar-refractivity contribution is 0.586. The average Bonchev–Trinajstić information content (AvgIpc) is 2.90. The van der Waals surface area contributed by atoms with Crippen LogP contribution in [0.25, 0.3) is 11.0 Å². The summed E-state index contributed by atoms with van der Waals surface area (Å²) in [6, 6.07) is 8.18. The van der Waals surface area contributed by atoms with Gasteiger partial charge in [-0.1, -0.05) is 18.2 Å². The van der Waals surface area contributed by atoms with Crippen molar-refractivity contribution in [1.29, 1.82) is 0 Å². The number of hydrogen-bond donors (Lipinski definition) is 0. The number of fused-ring (bicyclic) bond motifs is 1. The van der Waals surface area contributed by atoms with Crippen LogP contribution in [0.5, 0.6) is 0 Å². The van der Waals surface area contributed by atoms with Crippen molar-refractivity contribution < 1.29 is 8.42 Å². The molecule has 0 radical (unpaired) electrons. The molecular formula is C14H14N4O3S. The van der Waals surface area contributed by atoms with Crippen LogP contribution >= 0.6 is 0 Å². The van der Waals surface area contributed by atoms with Crippen LogP contribution in [-0.2, 0) is 23.4 Å². The molecule has 114 valence electrons. The van der Waals surface area contributed by atoms with Gasteiger partial charge in [-0.2, -0.15) is 5.10 Å². The molecule has 0 saturated heterocycles. The Morgan fingerprint density at radius 3 is 2.64 bits per heavy atom. The normalized spacial score (nSPS) is 11.9. The summed E-state index contributed by atoms with van der Waals surface area (Å²) in [5, 5.41) is 4.35. The summed E-state index contributed by atoms with van der Waals surface area (Å²) in [6.45, 7) is 0.0495. The quantitative estimate of drug-likeness (QED) is 0.703. The zero-order valence-corrected chi connectivity index (χ0v) is 12.7. The van der Waals surface area contributed by atoms with E-state index in [0.717, 1.165) is 0 Å². The molecule has 0 bridgehead atoms. The zero-order chi connectivity index (χ0) is 15.7. The maximum atomic E-state index is 12.3. The Hall–Kier alpha value is -2.48. The van der Waals surface area contributed by atoms with E-state index in [-0.39, 0.29) is 22.8 Å². The number of hydrogen-bond acceptors (Lipinski definition) is 5. The monoisotopic (exact) mass is 318 g/mol. The molecule has 0 aliphatic carbocycles. The van der Waals surface area contributed by atoms with Crippen LogP contribution in [-0.4, -0.2) is 33.5 Å². The van der Waals surface area contributed by atoms with Gasteiger partial charge in [0.25, 0.3) is 5.56 Å².